The van der Waals surface area contributed by atoms with Gasteiger partial charge in [0, 0.05) is 11.1 Å². The molecule has 0 aliphatic carbocycles. The summed E-state index contributed by atoms with van der Waals surface area (Å²) in [6.45, 7) is 1.99. The summed E-state index contributed by atoms with van der Waals surface area (Å²) in [6, 6.07) is 24.1. The highest BCUT2D eigenvalue weighted by Crippen LogP contribution is 2.22. The molecular formula is C24H23N3O. The Balaban J connectivity index is 1.49. The van der Waals surface area contributed by atoms with Gasteiger partial charge in [-0.1, -0.05) is 85.0 Å². The van der Waals surface area contributed by atoms with Gasteiger partial charge in [0.05, 0.1) is 12.3 Å². The molecule has 0 aliphatic rings. The highest BCUT2D eigenvalue weighted by molar-refractivity contribution is 5.96. The standard InChI is InChI=1S/C24H23N3O/c1-19(10-5-6-13-20-11-3-2-4-12-20)26-27-24(28)18-25-23-17-9-15-21-14-7-8-16-22(21)23/h2-17,25H,18H2,1H3,(H,27,28)/b10-5+,13-6+,26-19-. The van der Waals surface area contributed by atoms with Crippen molar-refractivity contribution in [2.75, 3.05) is 11.9 Å². The highest BCUT2D eigenvalue weighted by atomic mass is 16.2. The molecule has 0 atom stereocenters. The molecule has 0 spiro atoms. The molecule has 0 aliphatic heterocycles. The van der Waals surface area contributed by atoms with Gasteiger partial charge in [-0.3, -0.25) is 4.79 Å². The number of nitrogens with one attached hydrogen (secondary N) is 2. The summed E-state index contributed by atoms with van der Waals surface area (Å²) < 4.78 is 0. The van der Waals surface area contributed by atoms with E-state index < -0.39 is 0 Å². The van der Waals surface area contributed by atoms with E-state index in [0.29, 0.717) is 0 Å². The lowest BCUT2D eigenvalue weighted by Crippen LogP contribution is -2.26. The zero-order valence-electron chi connectivity index (χ0n) is 15.8. The fourth-order valence-electron chi connectivity index (χ4n) is 2.71. The summed E-state index contributed by atoms with van der Waals surface area (Å²) in [6.07, 6.45) is 7.69. The number of nitrogens with zero attached hydrogens (tertiary/aromatic N) is 1. The maximum Gasteiger partial charge on any atom is 0.259 e. The number of anilines is 1. The molecule has 3 aromatic rings. The molecule has 28 heavy (non-hydrogen) atoms. The smallest absolute Gasteiger partial charge is 0.259 e. The minimum atomic E-state index is -0.194. The predicted molar refractivity (Wildman–Crippen MR) is 118 cm³/mol. The van der Waals surface area contributed by atoms with Crippen LogP contribution in [-0.4, -0.2) is 18.2 Å². The first kappa shape index (κ1) is 19.1. The van der Waals surface area contributed by atoms with Crippen molar-refractivity contribution in [2.24, 2.45) is 5.10 Å². The maximum atomic E-state index is 12.1. The average molecular weight is 369 g/mol. The molecule has 0 aromatic heterocycles. The van der Waals surface area contributed by atoms with Gasteiger partial charge in [-0.15, -0.1) is 0 Å². The van der Waals surface area contributed by atoms with Crippen molar-refractivity contribution in [2.45, 2.75) is 6.92 Å². The number of hydrazone groups is 1. The zero-order valence-corrected chi connectivity index (χ0v) is 15.8. The second-order valence-electron chi connectivity index (χ2n) is 6.30. The Bertz CT molecular complexity index is 1010. The van der Waals surface area contributed by atoms with Crippen molar-refractivity contribution in [3.63, 3.8) is 0 Å². The average Bonchev–Trinajstić information content (AvgIpc) is 2.74. The van der Waals surface area contributed by atoms with E-state index in [9.17, 15) is 4.79 Å². The third-order valence-corrected chi connectivity index (χ3v) is 4.12. The van der Waals surface area contributed by atoms with E-state index in [1.165, 1.54) is 0 Å². The van der Waals surface area contributed by atoms with E-state index in [4.69, 9.17) is 0 Å². The fourth-order valence-corrected chi connectivity index (χ4v) is 2.71. The molecule has 3 rings (SSSR count). The number of amides is 1. The number of benzene rings is 3. The van der Waals surface area contributed by atoms with Crippen LogP contribution >= 0.6 is 0 Å². The molecule has 0 heterocycles. The summed E-state index contributed by atoms with van der Waals surface area (Å²) in [7, 11) is 0. The molecule has 0 fully saturated rings. The van der Waals surface area contributed by atoms with E-state index in [1.54, 1.807) is 0 Å². The van der Waals surface area contributed by atoms with Crippen LogP contribution in [0.3, 0.4) is 0 Å². The maximum absolute atomic E-state index is 12.1. The number of hydrogen-bond acceptors (Lipinski definition) is 3. The van der Waals surface area contributed by atoms with Crippen LogP contribution in [0, 0.1) is 0 Å². The topological polar surface area (TPSA) is 53.5 Å². The molecule has 0 unspecified atom stereocenters. The van der Waals surface area contributed by atoms with E-state index >= 15 is 0 Å². The van der Waals surface area contributed by atoms with E-state index in [-0.39, 0.29) is 12.5 Å². The molecule has 2 N–H and O–H groups in total. The SMILES string of the molecule is CC(/C=C/C=C/c1ccccc1)=N/NC(=O)CNc1cccc2ccccc12. The molecular weight excluding hydrogens is 346 g/mol. The number of hydrogen-bond donors (Lipinski definition) is 2. The molecule has 3 aromatic carbocycles. The summed E-state index contributed by atoms with van der Waals surface area (Å²) in [5.74, 6) is -0.194. The van der Waals surface area contributed by atoms with Crippen LogP contribution < -0.4 is 10.7 Å². The van der Waals surface area contributed by atoms with Crippen LogP contribution in [0.25, 0.3) is 16.8 Å². The first-order valence-corrected chi connectivity index (χ1v) is 9.17. The molecule has 140 valence electrons. The van der Waals surface area contributed by atoms with Crippen molar-refractivity contribution in [3.8, 4) is 0 Å². The Labute approximate surface area is 165 Å². The van der Waals surface area contributed by atoms with Crippen LogP contribution in [0.2, 0.25) is 0 Å². The van der Waals surface area contributed by atoms with Crippen molar-refractivity contribution in [1.29, 1.82) is 0 Å². The van der Waals surface area contributed by atoms with E-state index in [2.05, 4.69) is 15.8 Å². The van der Waals surface area contributed by atoms with Gasteiger partial charge in [0.25, 0.3) is 5.91 Å². The zero-order chi connectivity index (χ0) is 19.6. The molecule has 4 heteroatoms. The van der Waals surface area contributed by atoms with Gasteiger partial charge < -0.3 is 5.32 Å². The Hall–Kier alpha value is -3.66. The summed E-state index contributed by atoms with van der Waals surface area (Å²) in [5.41, 5.74) is 5.35. The van der Waals surface area contributed by atoms with Crippen LogP contribution in [0.15, 0.2) is 96.1 Å². The summed E-state index contributed by atoms with van der Waals surface area (Å²) in [5, 5.41) is 9.49. The summed E-state index contributed by atoms with van der Waals surface area (Å²) in [4.78, 5) is 12.1. The third-order valence-electron chi connectivity index (χ3n) is 4.12. The number of carbonyl (C=O) groups is 1. The second-order valence-corrected chi connectivity index (χ2v) is 6.30. The predicted octanol–water partition coefficient (Wildman–Crippen LogP) is 5.01. The van der Waals surface area contributed by atoms with E-state index in [0.717, 1.165) is 27.7 Å². The van der Waals surface area contributed by atoms with Gasteiger partial charge >= 0.3 is 0 Å². The van der Waals surface area contributed by atoms with Crippen LogP contribution in [0.5, 0.6) is 0 Å². The Kier molecular flexibility index (Phi) is 6.74. The first-order chi connectivity index (χ1) is 13.7. The number of allylic oxidation sites excluding steroid dienone is 3. The summed E-state index contributed by atoms with van der Waals surface area (Å²) >= 11 is 0. The van der Waals surface area contributed by atoms with Gasteiger partial charge in [0.1, 0.15) is 0 Å². The normalized spacial score (nSPS) is 12.0. The Morgan fingerprint density at radius 1 is 0.929 bits per heavy atom. The largest absolute Gasteiger partial charge is 0.376 e. The second kappa shape index (κ2) is 9.88. The minimum absolute atomic E-state index is 0.155. The molecule has 0 saturated heterocycles. The van der Waals surface area contributed by atoms with Crippen molar-refractivity contribution in [3.05, 3.63) is 96.6 Å². The van der Waals surface area contributed by atoms with Crippen molar-refractivity contribution < 1.29 is 4.79 Å². The van der Waals surface area contributed by atoms with Crippen LogP contribution in [0.4, 0.5) is 5.69 Å². The monoisotopic (exact) mass is 369 g/mol. The molecule has 1 amide bonds. The quantitative estimate of drug-likeness (QED) is 0.349. The van der Waals surface area contributed by atoms with Gasteiger partial charge in [-0.2, -0.15) is 5.10 Å². The van der Waals surface area contributed by atoms with Gasteiger partial charge in [-0.05, 0) is 30.0 Å². The lowest BCUT2D eigenvalue weighted by atomic mass is 10.1. The van der Waals surface area contributed by atoms with Gasteiger partial charge in [-0.25, -0.2) is 5.43 Å². The van der Waals surface area contributed by atoms with Crippen molar-refractivity contribution >= 4 is 34.2 Å². The minimum Gasteiger partial charge on any atom is -0.376 e. The lowest BCUT2D eigenvalue weighted by Gasteiger charge is -2.09. The van der Waals surface area contributed by atoms with Crippen LogP contribution in [-0.2, 0) is 4.79 Å². The molecule has 4 nitrogen and oxygen atoms in total. The first-order valence-electron chi connectivity index (χ1n) is 9.17. The molecule has 0 bridgehead atoms. The Morgan fingerprint density at radius 3 is 2.54 bits per heavy atom. The highest BCUT2D eigenvalue weighted by Gasteiger charge is 2.03. The van der Waals surface area contributed by atoms with E-state index in [1.807, 2.05) is 104 Å². The van der Waals surface area contributed by atoms with Crippen LogP contribution in [0.1, 0.15) is 12.5 Å². The molecule has 0 radical (unpaired) electrons. The lowest BCUT2D eigenvalue weighted by molar-refractivity contribution is -0.119. The van der Waals surface area contributed by atoms with Gasteiger partial charge in [0.15, 0.2) is 0 Å². The third kappa shape index (κ3) is 5.68. The fraction of sp³-hybridized carbons (Fsp3) is 0.0833. The number of fused-ring (bicyclic) bond motifs is 1. The van der Waals surface area contributed by atoms with Gasteiger partial charge in [0.2, 0.25) is 0 Å². The Morgan fingerprint density at radius 2 is 1.68 bits per heavy atom. The number of carbonyl (C=O) groups excluding carboxylic acids is 1. The van der Waals surface area contributed by atoms with Crippen molar-refractivity contribution in [1.82, 2.24) is 5.43 Å². The molecule has 0 saturated carbocycles. The number of rotatable bonds is 7.